The molecule has 0 aromatic heterocycles. The summed E-state index contributed by atoms with van der Waals surface area (Å²) in [5.41, 5.74) is 3.31. The Kier molecular flexibility index (Phi) is 7.32. The molecule has 0 aliphatic carbocycles. The van der Waals surface area contributed by atoms with Gasteiger partial charge in [-0.2, -0.15) is 0 Å². The maximum absolute atomic E-state index is 13.4. The van der Waals surface area contributed by atoms with Crippen LogP contribution >= 0.6 is 0 Å². The van der Waals surface area contributed by atoms with Crippen LogP contribution in [0.5, 0.6) is 0 Å². The van der Waals surface area contributed by atoms with Crippen molar-refractivity contribution in [1.82, 2.24) is 14.7 Å². The first-order chi connectivity index (χ1) is 14.3. The molecule has 6 nitrogen and oxygen atoms in total. The lowest BCUT2D eigenvalue weighted by Crippen LogP contribution is -2.45. The molecule has 0 atom stereocenters. The largest absolute Gasteiger partial charge is 0.361 e. The number of anilines is 1. The molecule has 1 N–H and O–H groups in total. The summed E-state index contributed by atoms with van der Waals surface area (Å²) in [7, 11) is 2.17. The predicted octanol–water partition coefficient (Wildman–Crippen LogP) is 3.31. The number of aliphatic imine (C=N–C) groups is 1. The van der Waals surface area contributed by atoms with E-state index < -0.39 is 0 Å². The average molecular weight is 412 g/mol. The van der Waals surface area contributed by atoms with Crippen LogP contribution in [0.1, 0.15) is 49.5 Å². The molecule has 0 bridgehead atoms. The molecule has 2 fully saturated rings. The van der Waals surface area contributed by atoms with Crippen LogP contribution in [0.3, 0.4) is 0 Å². The number of likely N-dealkylation sites (N-methyl/N-ethyl adjacent to an activating group) is 1. The lowest BCUT2D eigenvalue weighted by molar-refractivity contribution is 0.0653. The summed E-state index contributed by atoms with van der Waals surface area (Å²) in [6.07, 6.45) is 3.73. The molecule has 1 amide bonds. The van der Waals surface area contributed by atoms with Crippen molar-refractivity contribution >= 4 is 17.3 Å². The van der Waals surface area contributed by atoms with E-state index in [-0.39, 0.29) is 11.4 Å². The number of carbonyl (C=O) groups is 1. The van der Waals surface area contributed by atoms with Gasteiger partial charge >= 0.3 is 0 Å². The third-order valence-electron chi connectivity index (χ3n) is 6.44. The Labute approximate surface area is 181 Å². The molecule has 0 spiro atoms. The number of rotatable bonds is 7. The molecule has 164 valence electrons. The lowest BCUT2D eigenvalue weighted by atomic mass is 9.99. The summed E-state index contributed by atoms with van der Waals surface area (Å²) < 4.78 is 0. The third-order valence-corrected chi connectivity index (χ3v) is 6.44. The van der Waals surface area contributed by atoms with Crippen LogP contribution in [0, 0.1) is 0 Å². The number of hydrogen-bond acceptors (Lipinski definition) is 5. The lowest BCUT2D eigenvalue weighted by Gasteiger charge is -2.32. The number of hydrogen-bond donors (Lipinski definition) is 1. The van der Waals surface area contributed by atoms with Gasteiger partial charge in [-0.3, -0.25) is 14.7 Å². The number of benzene rings is 1. The third kappa shape index (κ3) is 5.10. The van der Waals surface area contributed by atoms with E-state index in [9.17, 15) is 4.79 Å². The topological polar surface area (TPSA) is 51.2 Å². The van der Waals surface area contributed by atoms with E-state index in [0.717, 1.165) is 75.6 Å². The summed E-state index contributed by atoms with van der Waals surface area (Å²) in [5.74, 6) is 0.0777. The molecule has 1 aromatic carbocycles. The number of amides is 1. The molecular weight excluding hydrogens is 374 g/mol. The van der Waals surface area contributed by atoms with Crippen molar-refractivity contribution in [3.8, 4) is 0 Å². The molecule has 3 rings (SSSR count). The predicted molar refractivity (Wildman–Crippen MR) is 126 cm³/mol. The first kappa shape index (κ1) is 22.5. The van der Waals surface area contributed by atoms with Crippen molar-refractivity contribution in [2.45, 2.75) is 39.2 Å². The molecular formula is C24H37N5O. The molecule has 2 saturated heterocycles. The maximum atomic E-state index is 13.4. The highest BCUT2D eigenvalue weighted by molar-refractivity contribution is 6.10. The van der Waals surface area contributed by atoms with Crippen molar-refractivity contribution in [1.29, 1.82) is 0 Å². The average Bonchev–Trinajstić information content (AvgIpc) is 3.08. The smallest absolute Gasteiger partial charge is 0.256 e. The maximum Gasteiger partial charge on any atom is 0.256 e. The summed E-state index contributed by atoms with van der Waals surface area (Å²) in [6, 6.07) is 5.90. The highest BCUT2D eigenvalue weighted by atomic mass is 16.2. The van der Waals surface area contributed by atoms with E-state index in [0.29, 0.717) is 5.56 Å². The van der Waals surface area contributed by atoms with E-state index in [2.05, 4.69) is 42.6 Å². The van der Waals surface area contributed by atoms with Gasteiger partial charge in [-0.05, 0) is 52.9 Å². The quantitative estimate of drug-likeness (QED) is 0.700. The van der Waals surface area contributed by atoms with Crippen molar-refractivity contribution in [3.63, 3.8) is 0 Å². The first-order valence-electron chi connectivity index (χ1n) is 11.1. The molecule has 0 unspecified atom stereocenters. The zero-order valence-corrected chi connectivity index (χ0v) is 19.1. The molecule has 6 heteroatoms. The Morgan fingerprint density at radius 1 is 1.20 bits per heavy atom. The summed E-state index contributed by atoms with van der Waals surface area (Å²) in [5, 5.41) is 3.22. The number of nitrogens with zero attached hydrogens (tertiary/aromatic N) is 4. The van der Waals surface area contributed by atoms with Gasteiger partial charge in [0.1, 0.15) is 0 Å². The summed E-state index contributed by atoms with van der Waals surface area (Å²) in [4.78, 5) is 25.1. The Morgan fingerprint density at radius 2 is 1.90 bits per heavy atom. The van der Waals surface area contributed by atoms with Gasteiger partial charge in [0, 0.05) is 56.1 Å². The Hall–Kier alpha value is -2.18. The van der Waals surface area contributed by atoms with Gasteiger partial charge < -0.3 is 15.1 Å². The Morgan fingerprint density at radius 3 is 2.53 bits per heavy atom. The molecule has 2 aliphatic rings. The van der Waals surface area contributed by atoms with Gasteiger partial charge in [0.15, 0.2) is 0 Å². The Balaban J connectivity index is 1.78. The zero-order chi connectivity index (χ0) is 21.7. The van der Waals surface area contributed by atoms with Crippen LogP contribution < -0.4 is 5.32 Å². The highest BCUT2D eigenvalue weighted by Crippen LogP contribution is 2.32. The summed E-state index contributed by atoms with van der Waals surface area (Å²) in [6.45, 7) is 17.1. The van der Waals surface area contributed by atoms with Crippen molar-refractivity contribution in [2.24, 2.45) is 4.99 Å². The number of nitrogens with one attached hydrogen (secondary N) is 1. The first-order valence-corrected chi connectivity index (χ1v) is 11.1. The fourth-order valence-corrected chi connectivity index (χ4v) is 4.43. The van der Waals surface area contributed by atoms with Gasteiger partial charge in [-0.25, -0.2) is 0 Å². The van der Waals surface area contributed by atoms with Crippen LogP contribution in [0.15, 0.2) is 36.0 Å². The van der Waals surface area contributed by atoms with E-state index >= 15 is 0 Å². The molecule has 0 saturated carbocycles. The van der Waals surface area contributed by atoms with Gasteiger partial charge in [-0.1, -0.05) is 18.7 Å². The van der Waals surface area contributed by atoms with Crippen LogP contribution in [-0.4, -0.2) is 84.7 Å². The van der Waals surface area contributed by atoms with Gasteiger partial charge in [0.2, 0.25) is 0 Å². The molecule has 30 heavy (non-hydrogen) atoms. The normalized spacial score (nSPS) is 20.4. The van der Waals surface area contributed by atoms with E-state index in [1.165, 1.54) is 0 Å². The van der Waals surface area contributed by atoms with Gasteiger partial charge in [0.05, 0.1) is 17.8 Å². The minimum atomic E-state index is -0.107. The second kappa shape index (κ2) is 9.75. The minimum Gasteiger partial charge on any atom is -0.361 e. The van der Waals surface area contributed by atoms with E-state index in [1.807, 2.05) is 30.0 Å². The van der Waals surface area contributed by atoms with Gasteiger partial charge in [0.25, 0.3) is 5.91 Å². The molecule has 2 aliphatic heterocycles. The number of piperazine rings is 1. The minimum absolute atomic E-state index is 0.0777. The molecule has 0 radical (unpaired) electrons. The monoisotopic (exact) mass is 411 g/mol. The van der Waals surface area contributed by atoms with Crippen molar-refractivity contribution in [3.05, 3.63) is 42.1 Å². The van der Waals surface area contributed by atoms with Crippen molar-refractivity contribution < 1.29 is 4.79 Å². The zero-order valence-electron chi connectivity index (χ0n) is 19.1. The SMILES string of the molecule is C=CNc1c(C(=O)N2CCCC2(C)C)cccc1C(C)=NCCN1CCN(C)CC1. The molecule has 1 aromatic rings. The summed E-state index contributed by atoms with van der Waals surface area (Å²) >= 11 is 0. The fraction of sp³-hybridized carbons (Fsp3) is 0.583. The van der Waals surface area contributed by atoms with Crippen LogP contribution in [-0.2, 0) is 0 Å². The number of carbonyl (C=O) groups excluding carboxylic acids is 1. The number of para-hydroxylation sites is 1. The van der Waals surface area contributed by atoms with Crippen LogP contribution in [0.25, 0.3) is 0 Å². The van der Waals surface area contributed by atoms with Crippen LogP contribution in [0.4, 0.5) is 5.69 Å². The van der Waals surface area contributed by atoms with E-state index in [1.54, 1.807) is 6.20 Å². The fourth-order valence-electron chi connectivity index (χ4n) is 4.43. The van der Waals surface area contributed by atoms with Crippen LogP contribution in [0.2, 0.25) is 0 Å². The standard InChI is InChI=1S/C24H37N5O/c1-6-25-22-20(19(2)26-12-14-28-17-15-27(5)16-18-28)9-7-10-21(22)23(30)29-13-8-11-24(29,3)4/h6-7,9-10,25H,1,8,11-18H2,2-5H3. The van der Waals surface area contributed by atoms with E-state index in [4.69, 9.17) is 4.99 Å². The van der Waals surface area contributed by atoms with Gasteiger partial charge in [-0.15, -0.1) is 0 Å². The second-order valence-electron chi connectivity index (χ2n) is 9.06. The van der Waals surface area contributed by atoms with Crippen molar-refractivity contribution in [2.75, 3.05) is 58.2 Å². The number of likely N-dealkylation sites (tertiary alicyclic amines) is 1. The second-order valence-corrected chi connectivity index (χ2v) is 9.06. The molecule has 2 heterocycles. The highest BCUT2D eigenvalue weighted by Gasteiger charge is 2.36. The Bertz CT molecular complexity index is 793.